The van der Waals surface area contributed by atoms with E-state index in [1.807, 2.05) is 30.3 Å². The molecule has 4 aromatic carbocycles. The molecule has 5 rings (SSSR count). The lowest BCUT2D eigenvalue weighted by molar-refractivity contribution is -0.140. The fraction of sp³-hybridized carbons (Fsp3) is 0.257. The van der Waals surface area contributed by atoms with Gasteiger partial charge in [-0.1, -0.05) is 114 Å². The standard InChI is InChI=1S/C35H34Cl3N3O4S/c36-27-20-19-26(31(38)22-27)23-40(33(21-25-11-3-1-4-12-25)35(43)39-28-13-7-8-14-28)34(42)24-41(32-18-10-9-17-30(32)37)46(44,45)29-15-5-2-6-16-29/h1-6,9-12,15-20,22,28,33H,7-8,13-14,21,23-24H2,(H,39,43). The van der Waals surface area contributed by atoms with Crippen molar-refractivity contribution in [3.63, 3.8) is 0 Å². The number of carbonyl (C=O) groups is 2. The van der Waals surface area contributed by atoms with Crippen molar-refractivity contribution in [1.29, 1.82) is 0 Å². The third-order valence-electron chi connectivity index (χ3n) is 8.06. The van der Waals surface area contributed by atoms with Gasteiger partial charge in [0.15, 0.2) is 0 Å². The van der Waals surface area contributed by atoms with Gasteiger partial charge in [-0.05, 0) is 60.4 Å². The van der Waals surface area contributed by atoms with Gasteiger partial charge in [-0.3, -0.25) is 13.9 Å². The average Bonchev–Trinajstić information content (AvgIpc) is 3.56. The van der Waals surface area contributed by atoms with Crippen molar-refractivity contribution in [2.45, 2.75) is 55.6 Å². The van der Waals surface area contributed by atoms with Crippen LogP contribution in [0, 0.1) is 0 Å². The van der Waals surface area contributed by atoms with E-state index in [0.717, 1.165) is 35.6 Å². The summed E-state index contributed by atoms with van der Waals surface area (Å²) in [5.41, 5.74) is 1.54. The van der Waals surface area contributed by atoms with Crippen LogP contribution in [0.5, 0.6) is 0 Å². The summed E-state index contributed by atoms with van der Waals surface area (Å²) in [6.07, 6.45) is 3.95. The Balaban J connectivity index is 1.58. The zero-order valence-corrected chi connectivity index (χ0v) is 28.1. The summed E-state index contributed by atoms with van der Waals surface area (Å²) in [6.45, 7) is -0.680. The van der Waals surface area contributed by atoms with Gasteiger partial charge in [0.25, 0.3) is 10.0 Å². The molecule has 1 aliphatic rings. The van der Waals surface area contributed by atoms with E-state index in [-0.39, 0.29) is 40.5 Å². The first-order chi connectivity index (χ1) is 22.1. The molecule has 0 aromatic heterocycles. The van der Waals surface area contributed by atoms with E-state index in [9.17, 15) is 18.0 Å². The minimum absolute atomic E-state index is 0.0000671. The van der Waals surface area contributed by atoms with Crippen molar-refractivity contribution in [3.8, 4) is 0 Å². The lowest BCUT2D eigenvalue weighted by atomic mass is 10.0. The Morgan fingerprint density at radius 2 is 1.43 bits per heavy atom. The van der Waals surface area contributed by atoms with Crippen LogP contribution in [0.4, 0.5) is 5.69 Å². The highest BCUT2D eigenvalue weighted by Crippen LogP contribution is 2.31. The molecule has 0 aliphatic heterocycles. The van der Waals surface area contributed by atoms with Crippen molar-refractivity contribution in [1.82, 2.24) is 10.2 Å². The van der Waals surface area contributed by atoms with Crippen LogP contribution in [0.15, 0.2) is 108 Å². The van der Waals surface area contributed by atoms with Gasteiger partial charge in [0.1, 0.15) is 12.6 Å². The zero-order chi connectivity index (χ0) is 32.7. The van der Waals surface area contributed by atoms with Gasteiger partial charge in [0.05, 0.1) is 15.6 Å². The molecule has 4 aromatic rings. The van der Waals surface area contributed by atoms with E-state index in [1.165, 1.54) is 17.0 Å². The van der Waals surface area contributed by atoms with Gasteiger partial charge in [-0.2, -0.15) is 0 Å². The summed E-state index contributed by atoms with van der Waals surface area (Å²) in [7, 11) is -4.26. The number of sulfonamides is 1. The number of benzene rings is 4. The van der Waals surface area contributed by atoms with E-state index in [2.05, 4.69) is 5.32 Å². The smallest absolute Gasteiger partial charge is 0.264 e. The Labute approximate surface area is 285 Å². The first-order valence-electron chi connectivity index (χ1n) is 15.0. The Morgan fingerprint density at radius 3 is 2.09 bits per heavy atom. The Kier molecular flexibility index (Phi) is 11.3. The van der Waals surface area contributed by atoms with Crippen LogP contribution in [-0.2, 0) is 32.6 Å². The van der Waals surface area contributed by atoms with Crippen LogP contribution in [0.25, 0.3) is 0 Å². The Morgan fingerprint density at radius 1 is 0.804 bits per heavy atom. The van der Waals surface area contributed by atoms with Crippen molar-refractivity contribution >= 4 is 62.3 Å². The molecule has 11 heteroatoms. The molecular formula is C35H34Cl3N3O4S. The third-order valence-corrected chi connectivity index (χ3v) is 10.7. The van der Waals surface area contributed by atoms with E-state index >= 15 is 0 Å². The molecule has 1 fully saturated rings. The highest BCUT2D eigenvalue weighted by molar-refractivity contribution is 7.92. The lowest BCUT2D eigenvalue weighted by Gasteiger charge is -2.34. The Hall–Kier alpha value is -3.56. The minimum Gasteiger partial charge on any atom is -0.352 e. The molecule has 0 spiro atoms. The summed E-state index contributed by atoms with van der Waals surface area (Å²) in [5.74, 6) is -0.919. The molecular weight excluding hydrogens is 665 g/mol. The van der Waals surface area contributed by atoms with Gasteiger partial charge < -0.3 is 10.2 Å². The van der Waals surface area contributed by atoms with Crippen LogP contribution in [0.2, 0.25) is 15.1 Å². The minimum atomic E-state index is -4.26. The number of rotatable bonds is 12. The SMILES string of the molecule is O=C(NC1CCCC1)C(Cc1ccccc1)N(Cc1ccc(Cl)cc1Cl)C(=O)CN(c1ccccc1Cl)S(=O)(=O)c1ccccc1. The second-order valence-corrected chi connectivity index (χ2v) is 14.3. The highest BCUT2D eigenvalue weighted by Gasteiger charge is 2.36. The first-order valence-corrected chi connectivity index (χ1v) is 17.6. The van der Waals surface area contributed by atoms with Crippen LogP contribution in [-0.4, -0.2) is 43.8 Å². The number of hydrogen-bond acceptors (Lipinski definition) is 4. The number of para-hydroxylation sites is 1. The molecule has 2 amide bonds. The molecule has 1 saturated carbocycles. The molecule has 7 nitrogen and oxygen atoms in total. The molecule has 46 heavy (non-hydrogen) atoms. The maximum atomic E-state index is 14.6. The van der Waals surface area contributed by atoms with Crippen molar-refractivity contribution in [2.75, 3.05) is 10.8 Å². The molecule has 1 aliphatic carbocycles. The number of anilines is 1. The maximum Gasteiger partial charge on any atom is 0.264 e. The molecule has 1 unspecified atom stereocenters. The molecule has 1 N–H and O–H groups in total. The molecule has 0 bridgehead atoms. The van der Waals surface area contributed by atoms with Gasteiger partial charge in [-0.15, -0.1) is 0 Å². The molecule has 240 valence electrons. The third kappa shape index (κ3) is 8.23. The van der Waals surface area contributed by atoms with Crippen molar-refractivity contribution in [3.05, 3.63) is 129 Å². The fourth-order valence-corrected chi connectivity index (χ4v) is 7.85. The van der Waals surface area contributed by atoms with E-state index in [4.69, 9.17) is 34.8 Å². The predicted molar refractivity (Wildman–Crippen MR) is 184 cm³/mol. The normalized spacial score (nSPS) is 14.1. The largest absolute Gasteiger partial charge is 0.352 e. The molecule has 0 saturated heterocycles. The van der Waals surface area contributed by atoms with Crippen molar-refractivity contribution in [2.24, 2.45) is 0 Å². The topological polar surface area (TPSA) is 86.8 Å². The van der Waals surface area contributed by atoms with Crippen LogP contribution >= 0.6 is 34.8 Å². The maximum absolute atomic E-state index is 14.6. The second kappa shape index (κ2) is 15.4. The average molecular weight is 699 g/mol. The number of nitrogens with one attached hydrogen (secondary N) is 1. The van der Waals surface area contributed by atoms with Crippen LogP contribution < -0.4 is 9.62 Å². The number of halogens is 3. The van der Waals surface area contributed by atoms with Crippen molar-refractivity contribution < 1.29 is 18.0 Å². The highest BCUT2D eigenvalue weighted by atomic mass is 35.5. The lowest BCUT2D eigenvalue weighted by Crippen LogP contribution is -2.54. The van der Waals surface area contributed by atoms with Gasteiger partial charge in [0.2, 0.25) is 11.8 Å². The number of carbonyl (C=O) groups excluding carboxylic acids is 2. The quantitative estimate of drug-likeness (QED) is 0.166. The van der Waals surface area contributed by atoms with E-state index in [1.54, 1.807) is 60.7 Å². The summed E-state index contributed by atoms with van der Waals surface area (Å²) < 4.78 is 29.2. The van der Waals surface area contributed by atoms with Crippen LogP contribution in [0.3, 0.4) is 0 Å². The van der Waals surface area contributed by atoms with Crippen LogP contribution in [0.1, 0.15) is 36.8 Å². The predicted octanol–water partition coefficient (Wildman–Crippen LogP) is 7.54. The number of nitrogens with zero attached hydrogens (tertiary/aromatic N) is 2. The summed E-state index contributed by atoms with van der Waals surface area (Å²) >= 11 is 19.3. The van der Waals surface area contributed by atoms with Gasteiger partial charge in [0, 0.05) is 29.1 Å². The molecule has 1 atom stereocenters. The summed E-state index contributed by atoms with van der Waals surface area (Å²) in [5, 5.41) is 4.05. The van der Waals surface area contributed by atoms with E-state index < -0.39 is 28.5 Å². The molecule has 0 radical (unpaired) electrons. The van der Waals surface area contributed by atoms with Gasteiger partial charge in [-0.25, -0.2) is 8.42 Å². The summed E-state index contributed by atoms with van der Waals surface area (Å²) in [4.78, 5) is 30.1. The number of hydrogen-bond donors (Lipinski definition) is 1. The molecule has 0 heterocycles. The monoisotopic (exact) mass is 697 g/mol. The fourth-order valence-electron chi connectivity index (χ4n) is 5.64. The Bertz CT molecular complexity index is 1770. The van der Waals surface area contributed by atoms with Gasteiger partial charge >= 0.3 is 0 Å². The summed E-state index contributed by atoms with van der Waals surface area (Å²) in [6, 6.07) is 27.6. The first kappa shape index (κ1) is 33.8. The second-order valence-electron chi connectivity index (χ2n) is 11.2. The van der Waals surface area contributed by atoms with E-state index in [0.29, 0.717) is 15.6 Å². The number of amides is 2. The zero-order valence-electron chi connectivity index (χ0n) is 25.0.